The lowest BCUT2D eigenvalue weighted by atomic mass is 10.0. The maximum Gasteiger partial charge on any atom is 0.254 e. The molecule has 0 atom stereocenters. The van der Waals surface area contributed by atoms with Crippen LogP contribution in [-0.4, -0.2) is 21.2 Å². The number of imidazole rings is 1. The Balaban J connectivity index is 1.65. The molecule has 0 aliphatic heterocycles. The Bertz CT molecular complexity index is 1290. The van der Waals surface area contributed by atoms with Gasteiger partial charge in [-0.05, 0) is 60.4 Å². The second-order valence-electron chi connectivity index (χ2n) is 8.09. The van der Waals surface area contributed by atoms with E-state index in [-0.39, 0.29) is 11.4 Å². The molecule has 2 aromatic carbocycles. The number of ether oxygens (including phenoxy) is 1. The lowest BCUT2D eigenvalue weighted by Crippen LogP contribution is -2.25. The summed E-state index contributed by atoms with van der Waals surface area (Å²) < 4.78 is 22.2. The number of nitrogens with zero attached hydrogens (tertiary/aromatic N) is 3. The van der Waals surface area contributed by atoms with E-state index in [0.29, 0.717) is 25.1 Å². The smallest absolute Gasteiger partial charge is 0.254 e. The minimum Gasteiger partial charge on any atom is -0.380 e. The molecule has 2 aromatic heterocycles. The molecule has 0 bridgehead atoms. The number of hydrogen-bond acceptors (Lipinski definition) is 3. The lowest BCUT2D eigenvalue weighted by Gasteiger charge is -2.13. The highest BCUT2D eigenvalue weighted by Crippen LogP contribution is 2.18. The average molecular weight is 432 g/mol. The Morgan fingerprint density at radius 1 is 0.969 bits per heavy atom. The Hall–Kier alpha value is -3.51. The van der Waals surface area contributed by atoms with Crippen molar-refractivity contribution < 1.29 is 9.13 Å². The second-order valence-corrected chi connectivity index (χ2v) is 8.09. The standard InChI is InChI=1S/C26H26FN3O2/c1-18-10-21(6-9-25(18)30-13-19(2)28-17-30)11-23-12-22(16-32-3)15-29(26(23)31)14-20-4-7-24(27)8-5-20/h4-10,12-13,15,17H,11,14,16H2,1-3H3. The minimum absolute atomic E-state index is 0.0545. The van der Waals surface area contributed by atoms with Crippen LogP contribution in [0.25, 0.3) is 5.69 Å². The van der Waals surface area contributed by atoms with Gasteiger partial charge in [0.2, 0.25) is 0 Å². The zero-order valence-corrected chi connectivity index (χ0v) is 18.5. The maximum absolute atomic E-state index is 13.3. The first kappa shape index (κ1) is 21.7. The van der Waals surface area contributed by atoms with Crippen molar-refractivity contribution in [2.24, 2.45) is 0 Å². The molecule has 4 aromatic rings. The van der Waals surface area contributed by atoms with Gasteiger partial charge in [0.15, 0.2) is 0 Å². The summed E-state index contributed by atoms with van der Waals surface area (Å²) in [4.78, 5) is 17.5. The second kappa shape index (κ2) is 9.32. The number of methoxy groups -OCH3 is 1. The van der Waals surface area contributed by atoms with Crippen molar-refractivity contribution in [3.63, 3.8) is 0 Å². The van der Waals surface area contributed by atoms with Gasteiger partial charge in [-0.25, -0.2) is 9.37 Å². The van der Waals surface area contributed by atoms with Crippen LogP contribution in [0.5, 0.6) is 0 Å². The Labute approximate surface area is 186 Å². The number of rotatable bonds is 7. The zero-order chi connectivity index (χ0) is 22.7. The van der Waals surface area contributed by atoms with E-state index in [1.54, 1.807) is 30.1 Å². The number of benzene rings is 2. The SMILES string of the molecule is COCc1cc(Cc2ccc(-n3cnc(C)c3)c(C)c2)c(=O)n(Cc2ccc(F)cc2)c1. The molecule has 0 fully saturated rings. The van der Waals surface area contributed by atoms with E-state index in [9.17, 15) is 9.18 Å². The molecular weight excluding hydrogens is 405 g/mol. The summed E-state index contributed by atoms with van der Waals surface area (Å²) in [5, 5.41) is 0. The lowest BCUT2D eigenvalue weighted by molar-refractivity contribution is 0.184. The van der Waals surface area contributed by atoms with Gasteiger partial charge < -0.3 is 13.9 Å². The van der Waals surface area contributed by atoms with Crippen LogP contribution < -0.4 is 5.56 Å². The fourth-order valence-electron chi connectivity index (χ4n) is 3.93. The van der Waals surface area contributed by atoms with Crippen LogP contribution in [0.2, 0.25) is 0 Å². The van der Waals surface area contributed by atoms with Crippen molar-refractivity contribution in [3.8, 4) is 5.69 Å². The summed E-state index contributed by atoms with van der Waals surface area (Å²) in [6.07, 6.45) is 6.13. The van der Waals surface area contributed by atoms with E-state index in [1.165, 1.54) is 12.1 Å². The van der Waals surface area contributed by atoms with Crippen molar-refractivity contribution in [2.75, 3.05) is 7.11 Å². The fraction of sp³-hybridized carbons (Fsp3) is 0.231. The van der Waals surface area contributed by atoms with E-state index in [0.717, 1.165) is 33.6 Å². The summed E-state index contributed by atoms with van der Waals surface area (Å²) in [6.45, 7) is 4.81. The van der Waals surface area contributed by atoms with E-state index in [2.05, 4.69) is 24.0 Å². The minimum atomic E-state index is -0.292. The van der Waals surface area contributed by atoms with Crippen LogP contribution in [-0.2, 0) is 24.3 Å². The van der Waals surface area contributed by atoms with Crippen LogP contribution in [0.15, 0.2) is 72.0 Å². The topological polar surface area (TPSA) is 49.1 Å². The molecule has 6 heteroatoms. The third-order valence-electron chi connectivity index (χ3n) is 5.44. The molecule has 0 saturated heterocycles. The largest absolute Gasteiger partial charge is 0.380 e. The average Bonchev–Trinajstić information content (AvgIpc) is 3.19. The van der Waals surface area contributed by atoms with Crippen molar-refractivity contribution >= 4 is 0 Å². The first-order valence-corrected chi connectivity index (χ1v) is 10.5. The first-order chi connectivity index (χ1) is 15.4. The molecule has 4 rings (SSSR count). The van der Waals surface area contributed by atoms with Gasteiger partial charge in [-0.3, -0.25) is 4.79 Å². The highest BCUT2D eigenvalue weighted by molar-refractivity contribution is 5.44. The molecule has 5 nitrogen and oxygen atoms in total. The molecular formula is C26H26FN3O2. The maximum atomic E-state index is 13.3. The van der Waals surface area contributed by atoms with E-state index in [1.807, 2.05) is 36.0 Å². The molecule has 0 spiro atoms. The normalized spacial score (nSPS) is 11.1. The van der Waals surface area contributed by atoms with Crippen LogP contribution in [0.1, 0.15) is 33.5 Å². The van der Waals surface area contributed by atoms with Crippen molar-refractivity contribution in [3.05, 3.63) is 117 Å². The highest BCUT2D eigenvalue weighted by Gasteiger charge is 2.11. The summed E-state index contributed by atoms with van der Waals surface area (Å²) in [6, 6.07) is 14.3. The van der Waals surface area contributed by atoms with Gasteiger partial charge in [-0.15, -0.1) is 0 Å². The van der Waals surface area contributed by atoms with Crippen LogP contribution in [0.3, 0.4) is 0 Å². The summed E-state index contributed by atoms with van der Waals surface area (Å²) >= 11 is 0. The van der Waals surface area contributed by atoms with Gasteiger partial charge in [0.05, 0.1) is 25.2 Å². The van der Waals surface area contributed by atoms with E-state index >= 15 is 0 Å². The monoisotopic (exact) mass is 431 g/mol. The predicted octanol–water partition coefficient (Wildman–Crippen LogP) is 4.58. The number of pyridine rings is 1. The molecule has 0 aliphatic rings. The molecule has 2 heterocycles. The zero-order valence-electron chi connectivity index (χ0n) is 18.5. The summed E-state index contributed by atoms with van der Waals surface area (Å²) in [7, 11) is 1.63. The van der Waals surface area contributed by atoms with Gasteiger partial charge in [-0.2, -0.15) is 0 Å². The molecule has 0 amide bonds. The summed E-state index contributed by atoms with van der Waals surface area (Å²) in [5.74, 6) is -0.292. The predicted molar refractivity (Wildman–Crippen MR) is 123 cm³/mol. The van der Waals surface area contributed by atoms with Gasteiger partial charge in [0.1, 0.15) is 5.82 Å². The van der Waals surface area contributed by atoms with Crippen molar-refractivity contribution in [1.82, 2.24) is 14.1 Å². The number of hydrogen-bond donors (Lipinski definition) is 0. The third kappa shape index (κ3) is 4.86. The van der Waals surface area contributed by atoms with E-state index < -0.39 is 0 Å². The fourth-order valence-corrected chi connectivity index (χ4v) is 3.93. The molecule has 164 valence electrons. The van der Waals surface area contributed by atoms with Gasteiger partial charge >= 0.3 is 0 Å². The van der Waals surface area contributed by atoms with Gasteiger partial charge in [0.25, 0.3) is 5.56 Å². The Morgan fingerprint density at radius 2 is 1.72 bits per heavy atom. The number of aromatic nitrogens is 3. The summed E-state index contributed by atoms with van der Waals surface area (Å²) in [5.41, 5.74) is 6.63. The van der Waals surface area contributed by atoms with Gasteiger partial charge in [-0.1, -0.05) is 24.3 Å². The van der Waals surface area contributed by atoms with Crippen LogP contribution in [0.4, 0.5) is 4.39 Å². The first-order valence-electron chi connectivity index (χ1n) is 10.5. The molecule has 0 radical (unpaired) electrons. The van der Waals surface area contributed by atoms with Gasteiger partial charge in [0, 0.05) is 37.2 Å². The quantitative estimate of drug-likeness (QED) is 0.431. The molecule has 32 heavy (non-hydrogen) atoms. The molecule has 0 saturated carbocycles. The van der Waals surface area contributed by atoms with Crippen molar-refractivity contribution in [2.45, 2.75) is 33.4 Å². The molecule has 0 aliphatic carbocycles. The number of halogens is 1. The van der Waals surface area contributed by atoms with Crippen molar-refractivity contribution in [1.29, 1.82) is 0 Å². The third-order valence-corrected chi connectivity index (χ3v) is 5.44. The van der Waals surface area contributed by atoms with Crippen LogP contribution in [0, 0.1) is 19.7 Å². The Kier molecular flexibility index (Phi) is 6.32. The van der Waals surface area contributed by atoms with Crippen LogP contribution >= 0.6 is 0 Å². The number of aryl methyl sites for hydroxylation is 2. The molecule has 0 unspecified atom stereocenters. The Morgan fingerprint density at radius 3 is 2.38 bits per heavy atom. The van der Waals surface area contributed by atoms with E-state index in [4.69, 9.17) is 4.74 Å². The molecule has 0 N–H and O–H groups in total. The highest BCUT2D eigenvalue weighted by atomic mass is 19.1.